The van der Waals surface area contributed by atoms with Crippen molar-refractivity contribution < 1.29 is 19.1 Å². The number of nitriles is 1. The molecule has 0 bridgehead atoms. The monoisotopic (exact) mass is 291 g/mol. The van der Waals surface area contributed by atoms with E-state index in [0.717, 1.165) is 19.3 Å². The summed E-state index contributed by atoms with van der Waals surface area (Å²) in [5.74, 6) is -0.860. The summed E-state index contributed by atoms with van der Waals surface area (Å²) < 4.78 is 11.2. The summed E-state index contributed by atoms with van der Waals surface area (Å²) >= 11 is 0. The average Bonchev–Trinajstić information content (AvgIpc) is 2.85. The van der Waals surface area contributed by atoms with E-state index in [0.29, 0.717) is 6.54 Å². The van der Waals surface area contributed by atoms with Gasteiger partial charge in [0.05, 0.1) is 25.7 Å². The van der Waals surface area contributed by atoms with Crippen LogP contribution >= 0.6 is 0 Å². The van der Waals surface area contributed by atoms with Crippen LogP contribution in [0.3, 0.4) is 0 Å². The van der Waals surface area contributed by atoms with E-state index in [9.17, 15) is 9.59 Å². The van der Waals surface area contributed by atoms with Crippen molar-refractivity contribution in [1.82, 2.24) is 9.78 Å². The fourth-order valence-corrected chi connectivity index (χ4v) is 2.50. The van der Waals surface area contributed by atoms with Crippen molar-refractivity contribution in [3.8, 4) is 6.07 Å². The van der Waals surface area contributed by atoms with Crippen LogP contribution in [0.4, 0.5) is 0 Å². The van der Waals surface area contributed by atoms with Gasteiger partial charge in [-0.15, -0.1) is 0 Å². The Kier molecular flexibility index (Phi) is 4.26. The van der Waals surface area contributed by atoms with Crippen molar-refractivity contribution in [1.29, 1.82) is 5.26 Å². The molecule has 0 spiro atoms. The first kappa shape index (κ1) is 15.0. The third-order valence-corrected chi connectivity index (χ3v) is 3.76. The first-order valence-electron chi connectivity index (χ1n) is 6.79. The zero-order chi connectivity index (χ0) is 15.5. The number of carbonyl (C=O) groups is 2. The maximum absolute atomic E-state index is 11.9. The van der Waals surface area contributed by atoms with Crippen molar-refractivity contribution in [2.45, 2.75) is 32.7 Å². The highest BCUT2D eigenvalue weighted by Gasteiger charge is 2.46. The highest BCUT2D eigenvalue weighted by Crippen LogP contribution is 2.43. The van der Waals surface area contributed by atoms with Gasteiger partial charge in [-0.2, -0.15) is 10.4 Å². The predicted octanol–water partition coefficient (Wildman–Crippen LogP) is 1.27. The topological polar surface area (TPSA) is 94.2 Å². The van der Waals surface area contributed by atoms with E-state index in [1.165, 1.54) is 18.0 Å². The van der Waals surface area contributed by atoms with Crippen LogP contribution in [-0.2, 0) is 20.8 Å². The Labute approximate surface area is 122 Å². The second kappa shape index (κ2) is 5.95. The van der Waals surface area contributed by atoms with Crippen LogP contribution in [0.2, 0.25) is 0 Å². The quantitative estimate of drug-likeness (QED) is 0.758. The van der Waals surface area contributed by atoms with E-state index in [1.54, 1.807) is 6.92 Å². The van der Waals surface area contributed by atoms with Gasteiger partial charge in [0.1, 0.15) is 11.6 Å². The van der Waals surface area contributed by atoms with Crippen LogP contribution in [0.5, 0.6) is 0 Å². The smallest absolute Gasteiger partial charge is 0.342 e. The zero-order valence-electron chi connectivity index (χ0n) is 12.1. The van der Waals surface area contributed by atoms with Gasteiger partial charge in [0.15, 0.2) is 5.69 Å². The van der Waals surface area contributed by atoms with E-state index >= 15 is 0 Å². The van der Waals surface area contributed by atoms with Gasteiger partial charge in [-0.1, -0.05) is 6.42 Å². The third-order valence-electron chi connectivity index (χ3n) is 3.76. The van der Waals surface area contributed by atoms with Crippen molar-refractivity contribution in [3.63, 3.8) is 0 Å². The summed E-state index contributed by atoms with van der Waals surface area (Å²) in [5, 5.41) is 13.1. The molecule has 0 saturated heterocycles. The van der Waals surface area contributed by atoms with Gasteiger partial charge >= 0.3 is 11.9 Å². The minimum atomic E-state index is -0.598. The van der Waals surface area contributed by atoms with Crippen LogP contribution in [0.15, 0.2) is 6.20 Å². The number of hydrogen-bond acceptors (Lipinski definition) is 6. The van der Waals surface area contributed by atoms with Crippen LogP contribution in [0.1, 0.15) is 42.2 Å². The molecule has 0 unspecified atom stereocenters. The van der Waals surface area contributed by atoms with Crippen LogP contribution < -0.4 is 0 Å². The maximum atomic E-state index is 11.9. The van der Waals surface area contributed by atoms with Gasteiger partial charge in [0.2, 0.25) is 0 Å². The third kappa shape index (κ3) is 2.75. The van der Waals surface area contributed by atoms with Crippen molar-refractivity contribution in [2.24, 2.45) is 5.41 Å². The molecule has 0 radical (unpaired) electrons. The Hall–Kier alpha value is -2.36. The number of aromatic nitrogens is 2. The molecule has 1 fully saturated rings. The van der Waals surface area contributed by atoms with E-state index in [4.69, 9.17) is 14.7 Å². The molecule has 0 atom stereocenters. The Morgan fingerprint density at radius 3 is 2.71 bits per heavy atom. The molecule has 1 saturated carbocycles. The molecule has 0 aliphatic heterocycles. The number of ether oxygens (including phenoxy) is 2. The lowest BCUT2D eigenvalue weighted by Crippen LogP contribution is -2.42. The molecule has 1 aromatic heterocycles. The normalized spacial score (nSPS) is 15.7. The molecule has 112 valence electrons. The largest absolute Gasteiger partial charge is 0.469 e. The molecule has 7 nitrogen and oxygen atoms in total. The standard InChI is InChI=1S/C14H17N3O4/c1-3-21-12(18)10-8-17(16-11(10)7-15)9-14(5-4-6-14)13(19)20-2/h8H,3-6,9H2,1-2H3. The highest BCUT2D eigenvalue weighted by molar-refractivity contribution is 5.91. The molecule has 21 heavy (non-hydrogen) atoms. The Morgan fingerprint density at radius 2 is 2.24 bits per heavy atom. The average molecular weight is 291 g/mol. The molecule has 1 aromatic rings. The first-order chi connectivity index (χ1) is 10.1. The van der Waals surface area contributed by atoms with Crippen LogP contribution in [-0.4, -0.2) is 35.4 Å². The van der Waals surface area contributed by atoms with E-state index in [2.05, 4.69) is 5.10 Å². The molecule has 0 N–H and O–H groups in total. The van der Waals surface area contributed by atoms with Gasteiger partial charge in [0.25, 0.3) is 0 Å². The van der Waals surface area contributed by atoms with Crippen LogP contribution in [0, 0.1) is 16.7 Å². The summed E-state index contributed by atoms with van der Waals surface area (Å²) in [5.41, 5.74) is -0.467. The van der Waals surface area contributed by atoms with E-state index in [-0.39, 0.29) is 23.8 Å². The van der Waals surface area contributed by atoms with Gasteiger partial charge in [-0.05, 0) is 19.8 Å². The lowest BCUT2D eigenvalue weighted by Gasteiger charge is -2.38. The molecule has 0 aromatic carbocycles. The molecule has 1 heterocycles. The Bertz CT molecular complexity index is 596. The molecular weight excluding hydrogens is 274 g/mol. The maximum Gasteiger partial charge on any atom is 0.342 e. The van der Waals surface area contributed by atoms with E-state index < -0.39 is 11.4 Å². The Balaban J connectivity index is 2.24. The fourth-order valence-electron chi connectivity index (χ4n) is 2.50. The second-order valence-electron chi connectivity index (χ2n) is 5.05. The lowest BCUT2D eigenvalue weighted by molar-refractivity contribution is -0.159. The van der Waals surface area contributed by atoms with Crippen molar-refractivity contribution in [3.05, 3.63) is 17.5 Å². The highest BCUT2D eigenvalue weighted by atomic mass is 16.5. The molecule has 1 aliphatic carbocycles. The molecule has 2 rings (SSSR count). The number of hydrogen-bond donors (Lipinski definition) is 0. The number of esters is 2. The SMILES string of the molecule is CCOC(=O)c1cn(CC2(C(=O)OC)CCC2)nc1C#N. The minimum Gasteiger partial charge on any atom is -0.469 e. The summed E-state index contributed by atoms with van der Waals surface area (Å²) in [4.78, 5) is 23.7. The van der Waals surface area contributed by atoms with Gasteiger partial charge in [0, 0.05) is 6.20 Å². The first-order valence-corrected chi connectivity index (χ1v) is 6.79. The number of methoxy groups -OCH3 is 1. The summed E-state index contributed by atoms with van der Waals surface area (Å²) in [6.45, 7) is 2.21. The Morgan fingerprint density at radius 1 is 1.52 bits per heavy atom. The number of rotatable bonds is 5. The lowest BCUT2D eigenvalue weighted by atomic mass is 9.69. The van der Waals surface area contributed by atoms with Crippen LogP contribution in [0.25, 0.3) is 0 Å². The van der Waals surface area contributed by atoms with Crippen molar-refractivity contribution >= 4 is 11.9 Å². The van der Waals surface area contributed by atoms with Crippen molar-refractivity contribution in [2.75, 3.05) is 13.7 Å². The molecule has 7 heteroatoms. The number of carbonyl (C=O) groups excluding carboxylic acids is 2. The number of nitrogens with zero attached hydrogens (tertiary/aromatic N) is 3. The minimum absolute atomic E-state index is 0.00721. The molecule has 0 amide bonds. The summed E-state index contributed by atoms with van der Waals surface area (Å²) in [6.07, 6.45) is 3.85. The molecule has 1 aliphatic rings. The fraction of sp³-hybridized carbons (Fsp3) is 0.571. The molecular formula is C14H17N3O4. The van der Waals surface area contributed by atoms with Gasteiger partial charge in [-0.25, -0.2) is 4.79 Å². The predicted molar refractivity (Wildman–Crippen MR) is 71.2 cm³/mol. The van der Waals surface area contributed by atoms with Gasteiger partial charge in [-0.3, -0.25) is 9.48 Å². The second-order valence-corrected chi connectivity index (χ2v) is 5.05. The summed E-state index contributed by atoms with van der Waals surface area (Å²) in [6, 6.07) is 1.87. The van der Waals surface area contributed by atoms with Gasteiger partial charge < -0.3 is 9.47 Å². The van der Waals surface area contributed by atoms with E-state index in [1.807, 2.05) is 6.07 Å². The zero-order valence-corrected chi connectivity index (χ0v) is 12.1. The summed E-state index contributed by atoms with van der Waals surface area (Å²) in [7, 11) is 1.36.